The van der Waals surface area contributed by atoms with Crippen molar-refractivity contribution < 1.29 is 4.79 Å². The second kappa shape index (κ2) is 7.76. The van der Waals surface area contributed by atoms with Gasteiger partial charge in [0.15, 0.2) is 4.34 Å². The van der Waals surface area contributed by atoms with Gasteiger partial charge in [-0.25, -0.2) is 0 Å². The van der Waals surface area contributed by atoms with Gasteiger partial charge in [0.25, 0.3) is 0 Å². The van der Waals surface area contributed by atoms with Gasteiger partial charge in [-0.2, -0.15) is 5.26 Å². The van der Waals surface area contributed by atoms with E-state index in [-0.39, 0.29) is 11.2 Å². The summed E-state index contributed by atoms with van der Waals surface area (Å²) in [4.78, 5) is 14.3. The number of nitrogens with zero attached hydrogens (tertiary/aromatic N) is 4. The maximum Gasteiger partial charge on any atom is 0.240 e. The van der Waals surface area contributed by atoms with Crippen molar-refractivity contribution in [1.29, 1.82) is 5.26 Å². The first-order chi connectivity index (χ1) is 10.2. The van der Waals surface area contributed by atoms with E-state index in [1.807, 2.05) is 37.3 Å². The fraction of sp³-hybridized carbons (Fsp3) is 0.286. The van der Waals surface area contributed by atoms with E-state index in [1.54, 1.807) is 10.4 Å². The molecule has 1 heterocycles. The van der Waals surface area contributed by atoms with E-state index in [0.29, 0.717) is 13.0 Å². The number of anilines is 1. The molecule has 0 aliphatic carbocycles. The number of carbonyl (C=O) groups excluding carboxylic acids is 1. The number of aromatic nitrogens is 2. The van der Waals surface area contributed by atoms with Crippen molar-refractivity contribution in [1.82, 2.24) is 10.2 Å². The molecule has 0 spiro atoms. The number of thioether (sulfide) groups is 1. The Balaban J connectivity index is 2.12. The number of carbonyl (C=O) groups is 1. The molecule has 1 aromatic heterocycles. The van der Waals surface area contributed by atoms with E-state index in [9.17, 15) is 4.79 Å². The van der Waals surface area contributed by atoms with E-state index in [2.05, 4.69) is 16.3 Å². The van der Waals surface area contributed by atoms with Crippen molar-refractivity contribution in [2.75, 3.05) is 11.4 Å². The summed E-state index contributed by atoms with van der Waals surface area (Å²) < 4.78 is 0.768. The molecule has 1 atom stereocenters. The molecule has 5 nitrogen and oxygen atoms in total. The molecule has 2 rings (SSSR count). The number of nitriles is 1. The van der Waals surface area contributed by atoms with Crippen LogP contribution in [0.15, 0.2) is 40.2 Å². The first kappa shape index (κ1) is 15.5. The molecule has 1 aromatic carbocycles. The molecule has 0 radical (unpaired) electrons. The standard InChI is InChI=1S/C14H14N4OS2/c1-11(21-14-17-16-10-20-14)13(19)18(9-5-8-15)12-6-3-2-4-7-12/h2-4,6-7,10-11H,5,9H2,1H3. The lowest BCUT2D eigenvalue weighted by Gasteiger charge is -2.24. The lowest BCUT2D eigenvalue weighted by molar-refractivity contribution is -0.117. The third-order valence-electron chi connectivity index (χ3n) is 2.75. The Morgan fingerprint density at radius 1 is 1.48 bits per heavy atom. The minimum Gasteiger partial charge on any atom is -0.310 e. The quantitative estimate of drug-likeness (QED) is 0.766. The van der Waals surface area contributed by atoms with Gasteiger partial charge in [0.1, 0.15) is 5.51 Å². The molecule has 1 unspecified atom stereocenters. The SMILES string of the molecule is CC(Sc1nncs1)C(=O)N(CCC#N)c1ccccc1. The highest BCUT2D eigenvalue weighted by molar-refractivity contribution is 8.02. The smallest absolute Gasteiger partial charge is 0.240 e. The number of benzene rings is 1. The summed E-state index contributed by atoms with van der Waals surface area (Å²) in [6.07, 6.45) is 0.302. The summed E-state index contributed by atoms with van der Waals surface area (Å²) in [5.74, 6) is -0.0309. The molecule has 0 saturated heterocycles. The van der Waals surface area contributed by atoms with Crippen LogP contribution in [-0.4, -0.2) is 27.9 Å². The van der Waals surface area contributed by atoms with Crippen LogP contribution in [0.3, 0.4) is 0 Å². The molecule has 0 aliphatic rings. The van der Waals surface area contributed by atoms with E-state index >= 15 is 0 Å². The van der Waals surface area contributed by atoms with Crippen LogP contribution in [-0.2, 0) is 4.79 Å². The monoisotopic (exact) mass is 318 g/mol. The molecule has 7 heteroatoms. The fourth-order valence-corrected chi connectivity index (χ4v) is 3.46. The molecule has 0 fully saturated rings. The largest absolute Gasteiger partial charge is 0.310 e. The molecule has 1 amide bonds. The lowest BCUT2D eigenvalue weighted by Crippen LogP contribution is -2.37. The highest BCUT2D eigenvalue weighted by Gasteiger charge is 2.23. The zero-order valence-electron chi connectivity index (χ0n) is 11.5. The van der Waals surface area contributed by atoms with Gasteiger partial charge in [0, 0.05) is 12.2 Å². The average Bonchev–Trinajstić information content (AvgIpc) is 3.01. The van der Waals surface area contributed by atoms with Crippen LogP contribution in [0.2, 0.25) is 0 Å². The van der Waals surface area contributed by atoms with Crippen LogP contribution in [0, 0.1) is 11.3 Å². The lowest BCUT2D eigenvalue weighted by atomic mass is 10.2. The van der Waals surface area contributed by atoms with Crippen LogP contribution in [0.5, 0.6) is 0 Å². The van der Waals surface area contributed by atoms with Crippen LogP contribution in [0.4, 0.5) is 5.69 Å². The third-order valence-corrected chi connectivity index (χ3v) is 4.65. The summed E-state index contributed by atoms with van der Waals surface area (Å²) in [6.45, 7) is 2.23. The number of hydrogen-bond donors (Lipinski definition) is 0. The molecular formula is C14H14N4OS2. The minimum atomic E-state index is -0.281. The predicted molar refractivity (Wildman–Crippen MR) is 84.3 cm³/mol. The van der Waals surface area contributed by atoms with Crippen molar-refractivity contribution in [3.63, 3.8) is 0 Å². The summed E-state index contributed by atoms with van der Waals surface area (Å²) in [5.41, 5.74) is 2.45. The van der Waals surface area contributed by atoms with Crippen LogP contribution >= 0.6 is 23.1 Å². The van der Waals surface area contributed by atoms with Crippen molar-refractivity contribution in [3.8, 4) is 6.07 Å². The molecule has 0 bridgehead atoms. The Hall–Kier alpha value is -1.91. The van der Waals surface area contributed by atoms with Crippen LogP contribution in [0.25, 0.3) is 0 Å². The molecule has 21 heavy (non-hydrogen) atoms. The minimum absolute atomic E-state index is 0.0309. The Morgan fingerprint density at radius 3 is 2.86 bits per heavy atom. The van der Waals surface area contributed by atoms with Gasteiger partial charge in [-0.3, -0.25) is 4.79 Å². The van der Waals surface area contributed by atoms with Gasteiger partial charge in [-0.1, -0.05) is 41.3 Å². The third kappa shape index (κ3) is 4.28. The van der Waals surface area contributed by atoms with Gasteiger partial charge >= 0.3 is 0 Å². The maximum atomic E-state index is 12.6. The molecule has 0 aliphatic heterocycles. The predicted octanol–water partition coefficient (Wildman–Crippen LogP) is 2.97. The average molecular weight is 318 g/mol. The van der Waals surface area contributed by atoms with E-state index in [4.69, 9.17) is 5.26 Å². The van der Waals surface area contributed by atoms with E-state index < -0.39 is 0 Å². The summed E-state index contributed by atoms with van der Waals surface area (Å²) >= 11 is 2.80. The topological polar surface area (TPSA) is 69.9 Å². The van der Waals surface area contributed by atoms with Crippen molar-refractivity contribution in [2.24, 2.45) is 0 Å². The number of para-hydroxylation sites is 1. The number of hydrogen-bond acceptors (Lipinski definition) is 6. The Labute approximate surface area is 131 Å². The van der Waals surface area contributed by atoms with Gasteiger partial charge in [0.05, 0.1) is 17.7 Å². The van der Waals surface area contributed by atoms with Crippen LogP contribution < -0.4 is 4.90 Å². The zero-order chi connectivity index (χ0) is 15.1. The van der Waals surface area contributed by atoms with E-state index in [0.717, 1.165) is 10.0 Å². The highest BCUT2D eigenvalue weighted by Crippen LogP contribution is 2.27. The van der Waals surface area contributed by atoms with Crippen molar-refractivity contribution >= 4 is 34.7 Å². The molecule has 2 aromatic rings. The van der Waals surface area contributed by atoms with E-state index in [1.165, 1.54) is 23.1 Å². The van der Waals surface area contributed by atoms with Crippen molar-refractivity contribution in [2.45, 2.75) is 22.9 Å². The molecule has 108 valence electrons. The normalized spacial score (nSPS) is 11.6. The van der Waals surface area contributed by atoms with Crippen molar-refractivity contribution in [3.05, 3.63) is 35.8 Å². The summed E-state index contributed by atoms with van der Waals surface area (Å²) in [7, 11) is 0. The van der Waals surface area contributed by atoms with Crippen LogP contribution in [0.1, 0.15) is 13.3 Å². The molecular weight excluding hydrogens is 304 g/mol. The Morgan fingerprint density at radius 2 is 2.24 bits per heavy atom. The zero-order valence-corrected chi connectivity index (χ0v) is 13.1. The fourth-order valence-electron chi connectivity index (χ4n) is 1.77. The number of rotatable bonds is 6. The Bertz CT molecular complexity index is 610. The summed E-state index contributed by atoms with van der Waals surface area (Å²) in [6, 6.07) is 11.5. The number of amides is 1. The van der Waals surface area contributed by atoms with Gasteiger partial charge in [-0.15, -0.1) is 10.2 Å². The summed E-state index contributed by atoms with van der Waals surface area (Å²) in [5, 5.41) is 16.2. The Kier molecular flexibility index (Phi) is 5.72. The van der Waals surface area contributed by atoms with Gasteiger partial charge in [0.2, 0.25) is 5.91 Å². The molecule has 0 N–H and O–H groups in total. The van der Waals surface area contributed by atoms with Gasteiger partial charge in [-0.05, 0) is 19.1 Å². The first-order valence-corrected chi connectivity index (χ1v) is 8.14. The first-order valence-electron chi connectivity index (χ1n) is 6.38. The van der Waals surface area contributed by atoms with Gasteiger partial charge < -0.3 is 4.90 Å². The second-order valence-corrected chi connectivity index (χ2v) is 6.62. The maximum absolute atomic E-state index is 12.6. The second-order valence-electron chi connectivity index (χ2n) is 4.20. The molecule has 0 saturated carbocycles. The highest BCUT2D eigenvalue weighted by atomic mass is 32.2.